The average Bonchev–Trinajstić information content (AvgIpc) is 2.83. The molecule has 0 saturated heterocycles. The van der Waals surface area contributed by atoms with E-state index in [0.29, 0.717) is 11.3 Å². The van der Waals surface area contributed by atoms with E-state index in [4.69, 9.17) is 5.41 Å². The van der Waals surface area contributed by atoms with Crippen molar-refractivity contribution in [3.8, 4) is 11.3 Å². The van der Waals surface area contributed by atoms with Crippen molar-refractivity contribution >= 4 is 12.1 Å². The van der Waals surface area contributed by atoms with Gasteiger partial charge in [0.15, 0.2) is 6.29 Å². The van der Waals surface area contributed by atoms with Crippen LogP contribution in [0.5, 0.6) is 0 Å². The zero-order chi connectivity index (χ0) is 12.3. The molecule has 1 aromatic heterocycles. The van der Waals surface area contributed by atoms with E-state index in [1.165, 1.54) is 17.0 Å². The second-order valence-electron chi connectivity index (χ2n) is 3.45. The highest BCUT2D eigenvalue weighted by Gasteiger charge is 2.11. The lowest BCUT2D eigenvalue weighted by atomic mass is 10.1. The van der Waals surface area contributed by atoms with Crippen LogP contribution in [-0.4, -0.2) is 21.9 Å². The van der Waals surface area contributed by atoms with Crippen LogP contribution in [0.2, 0.25) is 0 Å². The summed E-state index contributed by atoms with van der Waals surface area (Å²) in [5, 5.41) is 11.8. The molecule has 0 saturated carbocycles. The Labute approximate surface area is 98.7 Å². The summed E-state index contributed by atoms with van der Waals surface area (Å²) in [6.07, 6.45) is 3.64. The van der Waals surface area contributed by atoms with Gasteiger partial charge in [-0.05, 0) is 6.08 Å². The minimum absolute atomic E-state index is 0.135. The van der Waals surface area contributed by atoms with Crippen molar-refractivity contribution in [2.45, 2.75) is 0 Å². The predicted octanol–water partition coefficient (Wildman–Crippen LogP) is 2.37. The van der Waals surface area contributed by atoms with Gasteiger partial charge in [0.25, 0.3) is 0 Å². The van der Waals surface area contributed by atoms with Gasteiger partial charge < -0.3 is 0 Å². The van der Waals surface area contributed by atoms with Crippen LogP contribution in [0.15, 0.2) is 49.2 Å². The molecule has 0 aliphatic carbocycles. The quantitative estimate of drug-likeness (QED) is 0.495. The molecule has 4 nitrogen and oxygen atoms in total. The summed E-state index contributed by atoms with van der Waals surface area (Å²) in [7, 11) is 0. The Balaban J connectivity index is 2.54. The topological polar surface area (TPSA) is 58.7 Å². The molecule has 1 heterocycles. The molecule has 2 aromatic rings. The summed E-state index contributed by atoms with van der Waals surface area (Å²) in [6.45, 7) is 3.50. The minimum atomic E-state index is 0.135. The first-order chi connectivity index (χ1) is 8.26. The first-order valence-corrected chi connectivity index (χ1v) is 5.08. The maximum Gasteiger partial charge on any atom is 0.153 e. The van der Waals surface area contributed by atoms with E-state index < -0.39 is 0 Å². The molecule has 0 radical (unpaired) electrons. The average molecular weight is 225 g/mol. The van der Waals surface area contributed by atoms with Gasteiger partial charge in [-0.3, -0.25) is 10.2 Å². The summed E-state index contributed by atoms with van der Waals surface area (Å²) in [5.74, 6) is 0.135. The Hall–Kier alpha value is -2.49. The van der Waals surface area contributed by atoms with E-state index in [-0.39, 0.29) is 5.84 Å². The number of benzene rings is 1. The third kappa shape index (κ3) is 2.06. The first-order valence-electron chi connectivity index (χ1n) is 5.08. The summed E-state index contributed by atoms with van der Waals surface area (Å²) in [6, 6.07) is 9.39. The molecule has 84 valence electrons. The Morgan fingerprint density at radius 3 is 2.65 bits per heavy atom. The van der Waals surface area contributed by atoms with Crippen molar-refractivity contribution in [1.29, 1.82) is 5.41 Å². The Morgan fingerprint density at radius 2 is 2.06 bits per heavy atom. The molecule has 0 fully saturated rings. The molecule has 0 bridgehead atoms. The number of nitrogens with zero attached hydrogens (tertiary/aromatic N) is 2. The third-order valence-corrected chi connectivity index (χ3v) is 2.36. The van der Waals surface area contributed by atoms with E-state index >= 15 is 0 Å². The Morgan fingerprint density at radius 1 is 1.35 bits per heavy atom. The van der Waals surface area contributed by atoms with Gasteiger partial charge in [0, 0.05) is 11.8 Å². The lowest BCUT2D eigenvalue weighted by molar-refractivity contribution is 0.112. The summed E-state index contributed by atoms with van der Waals surface area (Å²) < 4.78 is 1.33. The van der Waals surface area contributed by atoms with Crippen molar-refractivity contribution in [3.63, 3.8) is 0 Å². The number of carbonyl (C=O) groups is 1. The maximum atomic E-state index is 11.0. The van der Waals surface area contributed by atoms with E-state index in [9.17, 15) is 4.79 Å². The summed E-state index contributed by atoms with van der Waals surface area (Å²) >= 11 is 0. The van der Waals surface area contributed by atoms with Gasteiger partial charge in [-0.2, -0.15) is 5.10 Å². The molecule has 0 atom stereocenters. The SMILES string of the molecule is C=CC(=N)n1cc(C=O)c(-c2ccccc2)n1. The van der Waals surface area contributed by atoms with Crippen LogP contribution in [-0.2, 0) is 0 Å². The number of aromatic nitrogens is 2. The molecule has 17 heavy (non-hydrogen) atoms. The number of allylic oxidation sites excluding steroid dienone is 1. The number of nitrogens with one attached hydrogen (secondary N) is 1. The van der Waals surface area contributed by atoms with Crippen LogP contribution in [0, 0.1) is 5.41 Å². The van der Waals surface area contributed by atoms with Crippen LogP contribution >= 0.6 is 0 Å². The van der Waals surface area contributed by atoms with Crippen molar-refractivity contribution in [2.75, 3.05) is 0 Å². The van der Waals surface area contributed by atoms with Crippen LogP contribution in [0.25, 0.3) is 11.3 Å². The summed E-state index contributed by atoms with van der Waals surface area (Å²) in [5.41, 5.74) is 1.89. The highest BCUT2D eigenvalue weighted by Crippen LogP contribution is 2.20. The van der Waals surface area contributed by atoms with Crippen LogP contribution in [0.1, 0.15) is 10.4 Å². The smallest absolute Gasteiger partial charge is 0.153 e. The van der Waals surface area contributed by atoms with Crippen LogP contribution < -0.4 is 0 Å². The first kappa shape index (κ1) is 11.0. The molecule has 1 aromatic carbocycles. The second-order valence-corrected chi connectivity index (χ2v) is 3.45. The molecule has 0 unspecified atom stereocenters. The lowest BCUT2D eigenvalue weighted by Crippen LogP contribution is -2.07. The number of hydrogen-bond donors (Lipinski definition) is 1. The third-order valence-electron chi connectivity index (χ3n) is 2.36. The van der Waals surface area contributed by atoms with Crippen molar-refractivity contribution in [1.82, 2.24) is 9.78 Å². The molecular weight excluding hydrogens is 214 g/mol. The lowest BCUT2D eigenvalue weighted by Gasteiger charge is -1.97. The standard InChI is InChI=1S/C13H11N3O/c1-2-12(14)16-8-11(9-17)13(15-16)10-6-4-3-5-7-10/h2-9,14H,1H2. The van der Waals surface area contributed by atoms with Crippen molar-refractivity contribution in [3.05, 3.63) is 54.7 Å². The highest BCUT2D eigenvalue weighted by molar-refractivity contribution is 5.93. The van der Waals surface area contributed by atoms with E-state index in [1.54, 1.807) is 0 Å². The van der Waals surface area contributed by atoms with Gasteiger partial charge in [0.1, 0.15) is 11.5 Å². The Kier molecular flexibility index (Phi) is 2.96. The monoisotopic (exact) mass is 225 g/mol. The van der Waals surface area contributed by atoms with Gasteiger partial charge in [-0.25, -0.2) is 4.68 Å². The van der Waals surface area contributed by atoms with Crippen molar-refractivity contribution < 1.29 is 4.79 Å². The van der Waals surface area contributed by atoms with Gasteiger partial charge in [-0.1, -0.05) is 36.9 Å². The van der Waals surface area contributed by atoms with Crippen molar-refractivity contribution in [2.24, 2.45) is 0 Å². The van der Waals surface area contributed by atoms with E-state index in [0.717, 1.165) is 11.8 Å². The molecule has 2 rings (SSSR count). The predicted molar refractivity (Wildman–Crippen MR) is 66.4 cm³/mol. The maximum absolute atomic E-state index is 11.0. The molecule has 1 N–H and O–H groups in total. The number of aldehydes is 1. The van der Waals surface area contributed by atoms with Crippen LogP contribution in [0.3, 0.4) is 0 Å². The normalized spacial score (nSPS) is 9.88. The zero-order valence-electron chi connectivity index (χ0n) is 9.13. The van der Waals surface area contributed by atoms with Crippen LogP contribution in [0.4, 0.5) is 0 Å². The minimum Gasteiger partial charge on any atom is -0.298 e. The summed E-state index contributed by atoms with van der Waals surface area (Å²) in [4.78, 5) is 11.0. The molecule has 0 spiro atoms. The molecule has 0 aliphatic rings. The van der Waals surface area contributed by atoms with E-state index in [1.807, 2.05) is 30.3 Å². The fraction of sp³-hybridized carbons (Fsp3) is 0. The fourth-order valence-corrected chi connectivity index (χ4v) is 1.51. The fourth-order valence-electron chi connectivity index (χ4n) is 1.51. The Bertz CT molecular complexity index is 570. The number of carbonyl (C=O) groups excluding carboxylic acids is 1. The molecule has 0 amide bonds. The van der Waals surface area contributed by atoms with Gasteiger partial charge in [-0.15, -0.1) is 0 Å². The van der Waals surface area contributed by atoms with Gasteiger partial charge in [0.05, 0.1) is 5.56 Å². The van der Waals surface area contributed by atoms with Gasteiger partial charge >= 0.3 is 0 Å². The number of hydrogen-bond acceptors (Lipinski definition) is 3. The molecular formula is C13H11N3O. The number of rotatable bonds is 3. The highest BCUT2D eigenvalue weighted by atomic mass is 16.1. The zero-order valence-corrected chi connectivity index (χ0v) is 9.13. The molecule has 4 heteroatoms. The largest absolute Gasteiger partial charge is 0.298 e. The van der Waals surface area contributed by atoms with Gasteiger partial charge in [0.2, 0.25) is 0 Å². The second kappa shape index (κ2) is 4.57. The van der Waals surface area contributed by atoms with E-state index in [2.05, 4.69) is 11.7 Å². The molecule has 0 aliphatic heterocycles.